The highest BCUT2D eigenvalue weighted by Crippen LogP contribution is 2.37. The number of ether oxygens (including phenoxy) is 2. The van der Waals surface area contributed by atoms with Gasteiger partial charge in [-0.3, -0.25) is 0 Å². The number of benzene rings is 1. The Labute approximate surface area is 118 Å². The first kappa shape index (κ1) is 13.4. The van der Waals surface area contributed by atoms with Gasteiger partial charge in [0.15, 0.2) is 21.3 Å². The van der Waals surface area contributed by atoms with Crippen LogP contribution in [0.2, 0.25) is 0 Å². The minimum atomic E-state index is -2.94. The molecule has 20 heavy (non-hydrogen) atoms. The van der Waals surface area contributed by atoms with E-state index in [1.54, 1.807) is 12.1 Å². The maximum absolute atomic E-state index is 11.7. The number of nitrogens with one attached hydrogen (secondary N) is 1. The number of rotatable bonds is 2. The molecule has 1 aromatic carbocycles. The summed E-state index contributed by atoms with van der Waals surface area (Å²) < 4.78 is 34.3. The number of nitrogens with two attached hydrogens (primary N) is 1. The standard InChI is InChI=1S/C13H18N2O4S/c14-10-6-12-13(19-4-3-18-12)7-11(10)15-9-2-1-5-20(16,17)8-9/h6-7,9,15H,1-5,8,14H2. The highest BCUT2D eigenvalue weighted by molar-refractivity contribution is 7.91. The van der Waals surface area contributed by atoms with Crippen molar-refractivity contribution < 1.29 is 17.9 Å². The molecule has 6 nitrogen and oxygen atoms in total. The van der Waals surface area contributed by atoms with Crippen LogP contribution in [-0.2, 0) is 9.84 Å². The predicted molar refractivity (Wildman–Crippen MR) is 77.1 cm³/mol. The summed E-state index contributed by atoms with van der Waals surface area (Å²) in [5, 5.41) is 3.22. The molecule has 2 aliphatic rings. The van der Waals surface area contributed by atoms with Gasteiger partial charge in [0, 0.05) is 18.2 Å². The minimum absolute atomic E-state index is 0.0985. The lowest BCUT2D eigenvalue weighted by Gasteiger charge is -2.26. The minimum Gasteiger partial charge on any atom is -0.486 e. The highest BCUT2D eigenvalue weighted by atomic mass is 32.2. The monoisotopic (exact) mass is 298 g/mol. The molecule has 1 fully saturated rings. The van der Waals surface area contributed by atoms with E-state index in [-0.39, 0.29) is 17.5 Å². The van der Waals surface area contributed by atoms with Crippen LogP contribution < -0.4 is 20.5 Å². The molecule has 0 radical (unpaired) electrons. The van der Waals surface area contributed by atoms with Gasteiger partial charge in [0.1, 0.15) is 13.2 Å². The Kier molecular flexibility index (Phi) is 3.37. The summed E-state index contributed by atoms with van der Waals surface area (Å²) in [6.07, 6.45) is 1.51. The third-order valence-electron chi connectivity index (χ3n) is 3.54. The average molecular weight is 298 g/mol. The zero-order chi connectivity index (χ0) is 14.2. The smallest absolute Gasteiger partial charge is 0.163 e. The molecule has 2 aliphatic heterocycles. The van der Waals surface area contributed by atoms with Crippen molar-refractivity contribution in [2.24, 2.45) is 0 Å². The van der Waals surface area contributed by atoms with Gasteiger partial charge in [0.05, 0.1) is 22.9 Å². The van der Waals surface area contributed by atoms with Gasteiger partial charge >= 0.3 is 0 Å². The molecule has 1 saturated heterocycles. The first-order valence-corrected chi connectivity index (χ1v) is 8.52. The fourth-order valence-corrected chi connectivity index (χ4v) is 4.22. The summed E-state index contributed by atoms with van der Waals surface area (Å²) in [5.74, 6) is 1.71. The van der Waals surface area contributed by atoms with Gasteiger partial charge < -0.3 is 20.5 Å². The van der Waals surface area contributed by atoms with E-state index in [9.17, 15) is 8.42 Å². The molecule has 3 rings (SSSR count). The zero-order valence-corrected chi connectivity index (χ0v) is 11.9. The number of hydrogen-bond acceptors (Lipinski definition) is 6. The molecule has 0 aromatic heterocycles. The van der Waals surface area contributed by atoms with E-state index in [2.05, 4.69) is 5.32 Å². The van der Waals surface area contributed by atoms with Gasteiger partial charge in [-0.1, -0.05) is 0 Å². The summed E-state index contributed by atoms with van der Waals surface area (Å²) in [7, 11) is -2.94. The topological polar surface area (TPSA) is 90.7 Å². The van der Waals surface area contributed by atoms with E-state index in [1.807, 2.05) is 0 Å². The summed E-state index contributed by atoms with van der Waals surface area (Å²) in [6.45, 7) is 1.02. The predicted octanol–water partition coefficient (Wildman–Crippen LogP) is 1.03. The summed E-state index contributed by atoms with van der Waals surface area (Å²) in [4.78, 5) is 0. The van der Waals surface area contributed by atoms with Gasteiger partial charge in [0.2, 0.25) is 0 Å². The van der Waals surface area contributed by atoms with Crippen molar-refractivity contribution in [1.82, 2.24) is 0 Å². The molecule has 0 spiro atoms. The second kappa shape index (κ2) is 5.05. The molecule has 1 unspecified atom stereocenters. The maximum Gasteiger partial charge on any atom is 0.163 e. The quantitative estimate of drug-likeness (QED) is 0.793. The summed E-state index contributed by atoms with van der Waals surface area (Å²) in [5.41, 5.74) is 7.23. The molecule has 7 heteroatoms. The Balaban J connectivity index is 1.80. The normalized spacial score (nSPS) is 24.1. The van der Waals surface area contributed by atoms with Crippen LogP contribution in [-0.4, -0.2) is 39.2 Å². The molecule has 110 valence electrons. The van der Waals surface area contributed by atoms with Crippen molar-refractivity contribution in [3.05, 3.63) is 12.1 Å². The third kappa shape index (κ3) is 2.77. The van der Waals surface area contributed by atoms with E-state index >= 15 is 0 Å². The molecule has 0 bridgehead atoms. The largest absolute Gasteiger partial charge is 0.486 e. The Hall–Kier alpha value is -1.63. The van der Waals surface area contributed by atoms with Crippen molar-refractivity contribution in [2.75, 3.05) is 35.8 Å². The Morgan fingerprint density at radius 2 is 1.90 bits per heavy atom. The third-order valence-corrected chi connectivity index (χ3v) is 5.36. The summed E-state index contributed by atoms with van der Waals surface area (Å²) in [6, 6.07) is 3.40. The second-order valence-corrected chi connectivity index (χ2v) is 7.41. The maximum atomic E-state index is 11.7. The Morgan fingerprint density at radius 1 is 1.20 bits per heavy atom. The number of fused-ring (bicyclic) bond motifs is 1. The van der Waals surface area contributed by atoms with Crippen LogP contribution in [0, 0.1) is 0 Å². The van der Waals surface area contributed by atoms with E-state index in [0.717, 1.165) is 6.42 Å². The number of sulfone groups is 1. The van der Waals surface area contributed by atoms with E-state index in [0.29, 0.717) is 42.5 Å². The first-order valence-electron chi connectivity index (χ1n) is 6.69. The zero-order valence-electron chi connectivity index (χ0n) is 11.1. The molecule has 3 N–H and O–H groups in total. The van der Waals surface area contributed by atoms with Gasteiger partial charge in [-0.05, 0) is 12.8 Å². The van der Waals surface area contributed by atoms with Crippen LogP contribution in [0.1, 0.15) is 12.8 Å². The van der Waals surface area contributed by atoms with Crippen LogP contribution in [0.4, 0.5) is 11.4 Å². The Bertz CT molecular complexity index is 615. The van der Waals surface area contributed by atoms with Crippen molar-refractivity contribution in [2.45, 2.75) is 18.9 Å². The van der Waals surface area contributed by atoms with Crippen molar-refractivity contribution in [3.8, 4) is 11.5 Å². The number of hydrogen-bond donors (Lipinski definition) is 2. The van der Waals surface area contributed by atoms with Gasteiger partial charge in [-0.25, -0.2) is 8.42 Å². The molecular weight excluding hydrogens is 280 g/mol. The van der Waals surface area contributed by atoms with Crippen LogP contribution in [0.25, 0.3) is 0 Å². The van der Waals surface area contributed by atoms with E-state index in [4.69, 9.17) is 15.2 Å². The molecular formula is C13H18N2O4S. The van der Waals surface area contributed by atoms with Crippen LogP contribution in [0.15, 0.2) is 12.1 Å². The molecule has 0 saturated carbocycles. The SMILES string of the molecule is Nc1cc2c(cc1NC1CCCS(=O)(=O)C1)OCCO2. The van der Waals surface area contributed by atoms with E-state index < -0.39 is 9.84 Å². The highest BCUT2D eigenvalue weighted by Gasteiger charge is 2.25. The first-order chi connectivity index (χ1) is 9.53. The van der Waals surface area contributed by atoms with Crippen LogP contribution in [0.3, 0.4) is 0 Å². The molecule has 1 atom stereocenters. The van der Waals surface area contributed by atoms with Crippen molar-refractivity contribution >= 4 is 21.2 Å². The lowest BCUT2D eigenvalue weighted by molar-refractivity contribution is 0.172. The fourth-order valence-electron chi connectivity index (χ4n) is 2.59. The van der Waals surface area contributed by atoms with Crippen molar-refractivity contribution in [1.29, 1.82) is 0 Å². The lowest BCUT2D eigenvalue weighted by atomic mass is 10.1. The van der Waals surface area contributed by atoms with E-state index in [1.165, 1.54) is 0 Å². The summed E-state index contributed by atoms with van der Waals surface area (Å²) >= 11 is 0. The average Bonchev–Trinajstić information content (AvgIpc) is 2.38. The van der Waals surface area contributed by atoms with Gasteiger partial charge in [-0.15, -0.1) is 0 Å². The van der Waals surface area contributed by atoms with Crippen LogP contribution >= 0.6 is 0 Å². The molecule has 2 heterocycles. The van der Waals surface area contributed by atoms with Crippen LogP contribution in [0.5, 0.6) is 11.5 Å². The second-order valence-electron chi connectivity index (χ2n) is 5.18. The Morgan fingerprint density at radius 3 is 2.60 bits per heavy atom. The number of nitrogen functional groups attached to an aromatic ring is 1. The lowest BCUT2D eigenvalue weighted by Crippen LogP contribution is -2.35. The van der Waals surface area contributed by atoms with Crippen molar-refractivity contribution in [3.63, 3.8) is 0 Å². The molecule has 1 aromatic rings. The van der Waals surface area contributed by atoms with Gasteiger partial charge in [0.25, 0.3) is 0 Å². The molecule has 0 amide bonds. The number of anilines is 2. The molecule has 0 aliphatic carbocycles. The fraction of sp³-hybridized carbons (Fsp3) is 0.538. The van der Waals surface area contributed by atoms with Gasteiger partial charge in [-0.2, -0.15) is 0 Å².